The van der Waals surface area contributed by atoms with Crippen molar-refractivity contribution < 1.29 is 4.39 Å². The fourth-order valence-electron chi connectivity index (χ4n) is 2.38. The average Bonchev–Trinajstić information content (AvgIpc) is 2.37. The van der Waals surface area contributed by atoms with Crippen molar-refractivity contribution in [2.45, 2.75) is 6.04 Å². The summed E-state index contributed by atoms with van der Waals surface area (Å²) in [6.07, 6.45) is 0. The number of rotatable bonds is 3. The number of hydrogen-bond donors (Lipinski definition) is 1. The van der Waals surface area contributed by atoms with Crippen LogP contribution in [0.25, 0.3) is 0 Å². The van der Waals surface area contributed by atoms with Gasteiger partial charge in [0.2, 0.25) is 0 Å². The van der Waals surface area contributed by atoms with Gasteiger partial charge >= 0.3 is 0 Å². The van der Waals surface area contributed by atoms with Gasteiger partial charge in [-0.1, -0.05) is 15.9 Å². The highest BCUT2D eigenvalue weighted by Gasteiger charge is 2.24. The second-order valence-electron chi connectivity index (χ2n) is 4.76. The number of likely N-dealkylation sites (N-methyl/N-ethyl adjacent to an activating group) is 1. The zero-order chi connectivity index (χ0) is 13.1. The second kappa shape index (κ2) is 6.10. The van der Waals surface area contributed by atoms with Crippen LogP contribution >= 0.6 is 15.9 Å². The predicted octanol–water partition coefficient (Wildman–Crippen LogP) is 1.84. The predicted molar refractivity (Wildman–Crippen MR) is 75.0 cm³/mol. The van der Waals surface area contributed by atoms with Gasteiger partial charge in [-0.3, -0.25) is 4.90 Å². The molecule has 3 nitrogen and oxygen atoms in total. The van der Waals surface area contributed by atoms with Gasteiger partial charge in [-0.25, -0.2) is 4.39 Å². The van der Waals surface area contributed by atoms with E-state index in [0.29, 0.717) is 12.1 Å². The minimum absolute atomic E-state index is 0.0313. The monoisotopic (exact) mass is 315 g/mol. The Hall–Kier alpha value is -0.490. The lowest BCUT2D eigenvalue weighted by Gasteiger charge is -2.37. The summed E-state index contributed by atoms with van der Waals surface area (Å²) in [4.78, 5) is 4.55. The van der Waals surface area contributed by atoms with Gasteiger partial charge < -0.3 is 10.6 Å². The fraction of sp³-hybridized carbons (Fsp3) is 0.538. The Morgan fingerprint density at radius 3 is 2.61 bits per heavy atom. The Balaban J connectivity index is 2.19. The van der Waals surface area contributed by atoms with Crippen molar-refractivity contribution in [3.63, 3.8) is 0 Å². The summed E-state index contributed by atoms with van der Waals surface area (Å²) < 4.78 is 14.8. The van der Waals surface area contributed by atoms with Crippen molar-refractivity contribution in [1.29, 1.82) is 0 Å². The summed E-state index contributed by atoms with van der Waals surface area (Å²) in [5, 5.41) is 0. The highest BCUT2D eigenvalue weighted by Crippen LogP contribution is 2.26. The third-order valence-corrected chi connectivity index (χ3v) is 4.01. The molecule has 0 amide bonds. The molecule has 2 rings (SSSR count). The molecule has 0 aromatic heterocycles. The summed E-state index contributed by atoms with van der Waals surface area (Å²) in [6.45, 7) is 4.32. The highest BCUT2D eigenvalue weighted by molar-refractivity contribution is 9.10. The van der Waals surface area contributed by atoms with Crippen molar-refractivity contribution >= 4 is 15.9 Å². The molecule has 18 heavy (non-hydrogen) atoms. The van der Waals surface area contributed by atoms with Gasteiger partial charge in [0.15, 0.2) is 0 Å². The zero-order valence-corrected chi connectivity index (χ0v) is 12.2. The Morgan fingerprint density at radius 1 is 1.33 bits per heavy atom. The van der Waals surface area contributed by atoms with E-state index >= 15 is 0 Å². The number of hydrogen-bond acceptors (Lipinski definition) is 3. The van der Waals surface area contributed by atoms with Crippen LogP contribution in [0.15, 0.2) is 22.7 Å². The van der Waals surface area contributed by atoms with Crippen LogP contribution in [0.1, 0.15) is 11.6 Å². The molecular weight excluding hydrogens is 297 g/mol. The molecule has 1 heterocycles. The van der Waals surface area contributed by atoms with Gasteiger partial charge in [0, 0.05) is 42.8 Å². The van der Waals surface area contributed by atoms with Crippen LogP contribution in [0.4, 0.5) is 4.39 Å². The van der Waals surface area contributed by atoms with E-state index in [2.05, 4.69) is 32.8 Å². The van der Waals surface area contributed by atoms with E-state index in [4.69, 9.17) is 5.73 Å². The van der Waals surface area contributed by atoms with E-state index in [1.807, 2.05) is 6.07 Å². The molecule has 1 aromatic rings. The van der Waals surface area contributed by atoms with Crippen LogP contribution in [0.3, 0.4) is 0 Å². The maximum absolute atomic E-state index is 13.9. The number of benzene rings is 1. The van der Waals surface area contributed by atoms with Crippen LogP contribution in [0.2, 0.25) is 0 Å². The number of halogens is 2. The molecular formula is C13H19BrFN3. The quantitative estimate of drug-likeness (QED) is 0.923. The van der Waals surface area contributed by atoms with Gasteiger partial charge in [0.1, 0.15) is 5.82 Å². The van der Waals surface area contributed by atoms with E-state index < -0.39 is 0 Å². The molecule has 2 N–H and O–H groups in total. The van der Waals surface area contributed by atoms with Gasteiger partial charge in [-0.05, 0) is 25.2 Å². The topological polar surface area (TPSA) is 32.5 Å². The van der Waals surface area contributed by atoms with Crippen molar-refractivity contribution in [1.82, 2.24) is 9.80 Å². The maximum Gasteiger partial charge on any atom is 0.128 e. The lowest BCUT2D eigenvalue weighted by Crippen LogP contribution is -2.47. The molecule has 1 fully saturated rings. The van der Waals surface area contributed by atoms with E-state index in [0.717, 1.165) is 30.7 Å². The average molecular weight is 316 g/mol. The molecule has 1 aliphatic heterocycles. The van der Waals surface area contributed by atoms with Crippen LogP contribution in [0.5, 0.6) is 0 Å². The molecule has 1 saturated heterocycles. The largest absolute Gasteiger partial charge is 0.329 e. The van der Waals surface area contributed by atoms with Gasteiger partial charge in [-0.2, -0.15) is 0 Å². The van der Waals surface area contributed by atoms with Gasteiger partial charge in [-0.15, -0.1) is 0 Å². The summed E-state index contributed by atoms with van der Waals surface area (Å²) in [6, 6.07) is 5.02. The lowest BCUT2D eigenvalue weighted by atomic mass is 10.0. The molecule has 0 radical (unpaired) electrons. The Labute approximate surface area is 116 Å². The molecule has 1 unspecified atom stereocenters. The van der Waals surface area contributed by atoms with Crippen molar-refractivity contribution in [2.24, 2.45) is 5.73 Å². The van der Waals surface area contributed by atoms with Crippen LogP contribution < -0.4 is 5.73 Å². The van der Waals surface area contributed by atoms with Crippen LogP contribution in [-0.4, -0.2) is 49.6 Å². The summed E-state index contributed by atoms with van der Waals surface area (Å²) in [5.74, 6) is -0.174. The summed E-state index contributed by atoms with van der Waals surface area (Å²) in [5.41, 5.74) is 6.54. The van der Waals surface area contributed by atoms with Crippen LogP contribution in [-0.2, 0) is 0 Å². The first kappa shape index (κ1) is 13.9. The Kier molecular flexibility index (Phi) is 4.72. The van der Waals surface area contributed by atoms with Gasteiger partial charge in [0.25, 0.3) is 0 Å². The highest BCUT2D eigenvalue weighted by atomic mass is 79.9. The van der Waals surface area contributed by atoms with Crippen molar-refractivity contribution in [2.75, 3.05) is 39.8 Å². The summed E-state index contributed by atoms with van der Waals surface area (Å²) in [7, 11) is 2.11. The Morgan fingerprint density at radius 2 is 2.00 bits per heavy atom. The molecule has 1 aliphatic rings. The lowest BCUT2D eigenvalue weighted by molar-refractivity contribution is 0.113. The SMILES string of the molecule is CN1CCN(C(CN)c2cc(Br)ccc2F)CC1. The molecule has 1 aromatic carbocycles. The number of nitrogens with two attached hydrogens (primary N) is 1. The fourth-order valence-corrected chi connectivity index (χ4v) is 2.76. The van der Waals surface area contributed by atoms with Crippen LogP contribution in [0, 0.1) is 5.82 Å². The zero-order valence-electron chi connectivity index (χ0n) is 10.6. The molecule has 5 heteroatoms. The maximum atomic E-state index is 13.9. The molecule has 0 saturated carbocycles. The van der Waals surface area contributed by atoms with Crippen molar-refractivity contribution in [3.05, 3.63) is 34.1 Å². The summed E-state index contributed by atoms with van der Waals surface area (Å²) >= 11 is 3.39. The first-order valence-corrected chi connectivity index (χ1v) is 6.98. The van der Waals surface area contributed by atoms with E-state index in [1.54, 1.807) is 6.07 Å². The van der Waals surface area contributed by atoms with E-state index in [9.17, 15) is 4.39 Å². The Bertz CT molecular complexity index is 405. The minimum Gasteiger partial charge on any atom is -0.329 e. The molecule has 0 bridgehead atoms. The molecule has 0 spiro atoms. The van der Waals surface area contributed by atoms with E-state index in [-0.39, 0.29) is 11.9 Å². The molecule has 0 aliphatic carbocycles. The normalized spacial score (nSPS) is 20.0. The molecule has 1 atom stereocenters. The first-order valence-electron chi connectivity index (χ1n) is 6.19. The third-order valence-electron chi connectivity index (χ3n) is 3.52. The molecule has 100 valence electrons. The minimum atomic E-state index is -0.174. The van der Waals surface area contributed by atoms with Gasteiger partial charge in [0.05, 0.1) is 6.04 Å². The number of nitrogens with zero attached hydrogens (tertiary/aromatic N) is 2. The second-order valence-corrected chi connectivity index (χ2v) is 5.67. The smallest absolute Gasteiger partial charge is 0.128 e. The van der Waals surface area contributed by atoms with Crippen molar-refractivity contribution in [3.8, 4) is 0 Å². The standard InChI is InChI=1S/C13H19BrFN3/c1-17-4-6-18(7-5-17)13(9-16)11-8-10(14)2-3-12(11)15/h2-3,8,13H,4-7,9,16H2,1H3. The number of piperazine rings is 1. The first-order chi connectivity index (χ1) is 8.61. The van der Waals surface area contributed by atoms with E-state index in [1.165, 1.54) is 6.07 Å². The third kappa shape index (κ3) is 3.09.